The van der Waals surface area contributed by atoms with E-state index in [-0.39, 0.29) is 35.7 Å². The largest absolute Gasteiger partial charge is 0.453 e. The van der Waals surface area contributed by atoms with Gasteiger partial charge in [0.05, 0.1) is 67.0 Å². The van der Waals surface area contributed by atoms with Crippen molar-refractivity contribution in [3.63, 3.8) is 0 Å². The van der Waals surface area contributed by atoms with E-state index in [0.717, 1.165) is 47.4 Å². The van der Waals surface area contributed by atoms with Crippen molar-refractivity contribution in [3.05, 3.63) is 54.8 Å². The Bertz CT molecular complexity index is 2110. The van der Waals surface area contributed by atoms with E-state index < -0.39 is 24.3 Å². The van der Waals surface area contributed by atoms with E-state index in [4.69, 9.17) is 24.4 Å². The Balaban J connectivity index is 1.08. The Hall–Kier alpha value is -6.13. The molecule has 5 aromatic heterocycles. The van der Waals surface area contributed by atoms with Crippen LogP contribution in [-0.2, 0) is 19.1 Å². The Morgan fingerprint density at radius 2 is 1.14 bits per heavy atom. The first-order valence-electron chi connectivity index (χ1n) is 18.9. The number of hydrogen-bond donors (Lipinski definition) is 4. The molecule has 4 amide bonds. The number of imidazole rings is 2. The molecule has 56 heavy (non-hydrogen) atoms. The molecule has 2 saturated heterocycles. The maximum atomic E-state index is 13.6. The number of nitrogens with zero attached hydrogens (tertiary/aromatic N) is 7. The number of methoxy groups -OCH3 is 2. The van der Waals surface area contributed by atoms with Gasteiger partial charge < -0.3 is 39.9 Å². The van der Waals surface area contributed by atoms with Gasteiger partial charge in [0.15, 0.2) is 0 Å². The lowest BCUT2D eigenvalue weighted by Crippen LogP contribution is -2.51. The topological polar surface area (TPSA) is 213 Å². The molecular weight excluding hydrogens is 718 g/mol. The van der Waals surface area contributed by atoms with Crippen LogP contribution < -0.4 is 10.6 Å². The van der Waals surface area contributed by atoms with Gasteiger partial charge in [-0.15, -0.1) is 0 Å². The molecule has 7 rings (SSSR count). The zero-order valence-electron chi connectivity index (χ0n) is 32.3. The van der Waals surface area contributed by atoms with E-state index in [1.54, 1.807) is 40.8 Å². The van der Waals surface area contributed by atoms with E-state index in [0.29, 0.717) is 47.5 Å². The Morgan fingerprint density at radius 3 is 1.62 bits per heavy atom. The van der Waals surface area contributed by atoms with E-state index in [1.807, 2.05) is 39.8 Å². The standard InChI is InChI=1S/C39H47N11O6/c1-20(2)32(47-38(53)55-5)36(51)49-11-7-9-30(49)34-43-18-28(45-34)26-13-22-15-40-25-14-27(42-17-24(25)23(22)16-41-26)29-19-44-35(46-29)31-10-8-12-50(31)37(52)33(21(3)4)48-39(54)56-6/h13-21,30-33H,7-12H2,1-6H3,(H,43,45)(H,44,46)(H,47,53)(H,48,54). The van der Waals surface area contributed by atoms with Crippen molar-refractivity contribution in [1.82, 2.24) is 55.3 Å². The van der Waals surface area contributed by atoms with E-state index in [9.17, 15) is 19.2 Å². The van der Waals surface area contributed by atoms with Crippen LogP contribution in [0.1, 0.15) is 77.1 Å². The lowest BCUT2D eigenvalue weighted by atomic mass is 10.0. The second-order valence-electron chi connectivity index (χ2n) is 15.0. The van der Waals surface area contributed by atoms with Crippen LogP contribution >= 0.6 is 0 Å². The van der Waals surface area contributed by atoms with Gasteiger partial charge in [0.1, 0.15) is 23.7 Å². The summed E-state index contributed by atoms with van der Waals surface area (Å²) in [4.78, 5) is 85.0. The number of H-pyrrole nitrogens is 2. The molecule has 4 atom stereocenters. The number of alkyl carbamates (subject to hydrolysis) is 2. The highest BCUT2D eigenvalue weighted by molar-refractivity contribution is 6.05. The quantitative estimate of drug-likeness (QED) is 0.138. The molecule has 294 valence electrons. The van der Waals surface area contributed by atoms with Crippen LogP contribution in [0.4, 0.5) is 9.59 Å². The van der Waals surface area contributed by atoms with Crippen LogP contribution in [0, 0.1) is 11.8 Å². The second-order valence-corrected chi connectivity index (χ2v) is 15.0. The van der Waals surface area contributed by atoms with Crippen LogP contribution in [0.3, 0.4) is 0 Å². The van der Waals surface area contributed by atoms with Crippen molar-refractivity contribution >= 4 is 45.7 Å². The smallest absolute Gasteiger partial charge is 0.407 e. The van der Waals surface area contributed by atoms with Crippen LogP contribution in [0.2, 0.25) is 0 Å². The fourth-order valence-electron chi connectivity index (χ4n) is 7.65. The molecule has 0 saturated carbocycles. The number of rotatable bonds is 10. The molecule has 0 bridgehead atoms. The van der Waals surface area contributed by atoms with Crippen molar-refractivity contribution < 1.29 is 28.7 Å². The van der Waals surface area contributed by atoms with Gasteiger partial charge in [-0.3, -0.25) is 24.5 Å². The lowest BCUT2D eigenvalue weighted by molar-refractivity contribution is -0.136. The number of ether oxygens (including phenoxy) is 2. The SMILES string of the molecule is COC(=O)NC(C(=O)N1CCCC1c1ncc(-c2cc3cnc4cc(-c5cnc(C6CCCN6C(=O)C(NC(=O)OC)C(C)C)[nH]5)ncc4c3cn2)[nH]1)C(C)C. The van der Waals surface area contributed by atoms with Crippen molar-refractivity contribution in [1.29, 1.82) is 0 Å². The van der Waals surface area contributed by atoms with E-state index >= 15 is 0 Å². The molecule has 0 aromatic carbocycles. The predicted molar refractivity (Wildman–Crippen MR) is 206 cm³/mol. The molecule has 17 nitrogen and oxygen atoms in total. The highest BCUT2D eigenvalue weighted by Gasteiger charge is 2.39. The minimum Gasteiger partial charge on any atom is -0.453 e. The average molecular weight is 766 g/mol. The van der Waals surface area contributed by atoms with E-state index in [2.05, 4.69) is 30.6 Å². The summed E-state index contributed by atoms with van der Waals surface area (Å²) in [7, 11) is 2.56. The number of carbonyl (C=O) groups excluding carboxylic acids is 4. The minimum atomic E-state index is -0.718. The Labute approximate surface area is 323 Å². The predicted octanol–water partition coefficient (Wildman–Crippen LogP) is 5.05. The number of pyridine rings is 3. The first-order valence-corrected chi connectivity index (χ1v) is 18.9. The summed E-state index contributed by atoms with van der Waals surface area (Å²) >= 11 is 0. The molecule has 4 unspecified atom stereocenters. The zero-order chi connectivity index (χ0) is 39.7. The van der Waals surface area contributed by atoms with Crippen molar-refractivity contribution in [2.24, 2.45) is 11.8 Å². The first kappa shape index (κ1) is 38.2. The molecule has 2 aliphatic heterocycles. The normalized spacial score (nSPS) is 18.1. The van der Waals surface area contributed by atoms with Crippen LogP contribution in [0.25, 0.3) is 44.5 Å². The summed E-state index contributed by atoms with van der Waals surface area (Å²) in [5, 5.41) is 7.95. The lowest BCUT2D eigenvalue weighted by Gasteiger charge is -2.30. The molecule has 2 aliphatic rings. The van der Waals surface area contributed by atoms with Gasteiger partial charge in [-0.2, -0.15) is 0 Å². The maximum absolute atomic E-state index is 13.6. The van der Waals surface area contributed by atoms with Gasteiger partial charge >= 0.3 is 12.2 Å². The van der Waals surface area contributed by atoms with Crippen LogP contribution in [0.5, 0.6) is 0 Å². The number of aromatic amines is 2. The van der Waals surface area contributed by atoms with Crippen LogP contribution in [0.15, 0.2) is 43.1 Å². The summed E-state index contributed by atoms with van der Waals surface area (Å²) < 4.78 is 9.51. The molecule has 0 aliphatic carbocycles. The van der Waals surface area contributed by atoms with Crippen molar-refractivity contribution in [3.8, 4) is 22.8 Å². The summed E-state index contributed by atoms with van der Waals surface area (Å²) in [6.45, 7) is 8.66. The highest BCUT2D eigenvalue weighted by atomic mass is 16.5. The van der Waals surface area contributed by atoms with Gasteiger partial charge in [-0.05, 0) is 49.7 Å². The maximum Gasteiger partial charge on any atom is 0.407 e. The third-order valence-corrected chi connectivity index (χ3v) is 10.7. The van der Waals surface area contributed by atoms with Gasteiger partial charge in [-0.1, -0.05) is 27.7 Å². The minimum absolute atomic E-state index is 0.129. The Kier molecular flexibility index (Phi) is 10.8. The summed E-state index contributed by atoms with van der Waals surface area (Å²) in [6.07, 6.45) is 10.6. The summed E-state index contributed by atoms with van der Waals surface area (Å²) in [5.41, 5.74) is 3.47. The first-order chi connectivity index (χ1) is 27.0. The average Bonchev–Trinajstić information content (AvgIpc) is 4.04. The Morgan fingerprint density at radius 1 is 0.661 bits per heavy atom. The van der Waals surface area contributed by atoms with Gasteiger partial charge in [0, 0.05) is 47.8 Å². The molecule has 0 radical (unpaired) electrons. The van der Waals surface area contributed by atoms with E-state index in [1.165, 1.54) is 14.2 Å². The summed E-state index contributed by atoms with van der Waals surface area (Å²) in [5.74, 6) is 0.711. The molecular formula is C39H47N11O6. The fraction of sp³-hybridized carbons (Fsp3) is 0.462. The zero-order valence-corrected chi connectivity index (χ0v) is 32.3. The molecule has 5 aromatic rings. The number of carbonyl (C=O) groups is 4. The van der Waals surface area contributed by atoms with Crippen molar-refractivity contribution in [2.75, 3.05) is 27.3 Å². The number of hydrogen-bond acceptors (Lipinski definition) is 11. The number of amides is 4. The van der Waals surface area contributed by atoms with Crippen molar-refractivity contribution in [2.45, 2.75) is 77.5 Å². The molecule has 7 heterocycles. The molecule has 4 N–H and O–H groups in total. The number of likely N-dealkylation sites (tertiary alicyclic amines) is 2. The molecule has 2 fully saturated rings. The van der Waals surface area contributed by atoms with Gasteiger partial charge in [0.2, 0.25) is 11.8 Å². The second kappa shape index (κ2) is 15.9. The summed E-state index contributed by atoms with van der Waals surface area (Å²) in [6, 6.07) is 1.88. The number of fused-ring (bicyclic) bond motifs is 3. The van der Waals surface area contributed by atoms with Crippen LogP contribution in [-0.4, -0.2) is 108 Å². The molecule has 0 spiro atoms. The molecule has 17 heteroatoms. The number of aromatic nitrogens is 7. The highest BCUT2D eigenvalue weighted by Crippen LogP contribution is 2.35. The third-order valence-electron chi connectivity index (χ3n) is 10.7. The number of nitrogens with one attached hydrogen (secondary N) is 4. The van der Waals surface area contributed by atoms with Gasteiger partial charge in [0.25, 0.3) is 0 Å². The monoisotopic (exact) mass is 765 g/mol. The van der Waals surface area contributed by atoms with Gasteiger partial charge in [-0.25, -0.2) is 19.6 Å². The fourth-order valence-corrected chi connectivity index (χ4v) is 7.65. The third kappa shape index (κ3) is 7.44.